The number of benzene rings is 2. The number of para-hydroxylation sites is 3. The van der Waals surface area contributed by atoms with E-state index in [-0.39, 0.29) is 0 Å². The Morgan fingerprint density at radius 2 is 1.68 bits per heavy atom. The standard InChI is InChI=1S/C7H6N2.C7H5NS2/c1-2-4-7-6(3-1)8-5-9-7;9-7-8-5-3-1-2-4-6(5)10-7/h1-5H,(H,8,9);1-4H,(H,8,9). The Kier molecular flexibility index (Phi) is 3.48. The molecule has 0 radical (unpaired) electrons. The van der Waals surface area contributed by atoms with Gasteiger partial charge < -0.3 is 4.98 Å². The Morgan fingerprint density at radius 1 is 0.947 bits per heavy atom. The number of thiazole rings is 1. The van der Waals surface area contributed by atoms with Crippen LogP contribution in [0.25, 0.3) is 21.3 Å². The van der Waals surface area contributed by atoms with Crippen LogP contribution in [0.3, 0.4) is 0 Å². The minimum Gasteiger partial charge on any atom is -0.345 e. The van der Waals surface area contributed by atoms with Gasteiger partial charge in [0, 0.05) is 0 Å². The first-order valence-electron chi connectivity index (χ1n) is 5.75. The van der Waals surface area contributed by atoms with Crippen LogP contribution in [0.2, 0.25) is 0 Å². The lowest BCUT2D eigenvalue weighted by Crippen LogP contribution is -1.63. The van der Waals surface area contributed by atoms with Gasteiger partial charge in [-0.05, 0) is 24.3 Å². The van der Waals surface area contributed by atoms with Gasteiger partial charge in [0.2, 0.25) is 0 Å². The van der Waals surface area contributed by atoms with Gasteiger partial charge in [0.05, 0.1) is 27.6 Å². The molecule has 0 saturated heterocycles. The summed E-state index contributed by atoms with van der Waals surface area (Å²) in [5, 5.41) is 0. The molecule has 2 aromatic carbocycles. The van der Waals surface area contributed by atoms with Crippen molar-refractivity contribution in [3.63, 3.8) is 0 Å². The van der Waals surface area contributed by atoms with Crippen molar-refractivity contribution in [3.05, 3.63) is 54.9 Å². The van der Waals surface area contributed by atoms with E-state index < -0.39 is 0 Å². The molecule has 0 fully saturated rings. The van der Waals surface area contributed by atoms with Gasteiger partial charge in [0.15, 0.2) is 0 Å². The lowest BCUT2D eigenvalue weighted by atomic mass is 10.3. The van der Waals surface area contributed by atoms with Crippen molar-refractivity contribution in [2.24, 2.45) is 0 Å². The van der Waals surface area contributed by atoms with E-state index in [1.54, 1.807) is 17.7 Å². The van der Waals surface area contributed by atoms with Gasteiger partial charge in [-0.15, -0.1) is 24.0 Å². The molecule has 0 amide bonds. The largest absolute Gasteiger partial charge is 0.345 e. The predicted octanol–water partition coefficient (Wildman–Crippen LogP) is 4.15. The number of H-pyrrole nitrogens is 1. The van der Waals surface area contributed by atoms with Crippen LogP contribution in [-0.4, -0.2) is 15.0 Å². The maximum Gasteiger partial charge on any atom is 0.148 e. The van der Waals surface area contributed by atoms with Gasteiger partial charge >= 0.3 is 0 Å². The third kappa shape index (κ3) is 2.77. The predicted molar refractivity (Wildman–Crippen MR) is 83.0 cm³/mol. The van der Waals surface area contributed by atoms with Crippen LogP contribution in [0, 0.1) is 0 Å². The Balaban J connectivity index is 0.000000117. The summed E-state index contributed by atoms with van der Waals surface area (Å²) in [5.74, 6) is 0. The molecule has 0 atom stereocenters. The van der Waals surface area contributed by atoms with Gasteiger partial charge in [-0.1, -0.05) is 24.3 Å². The highest BCUT2D eigenvalue weighted by molar-refractivity contribution is 7.82. The van der Waals surface area contributed by atoms with E-state index >= 15 is 0 Å². The number of hydrogen-bond donors (Lipinski definition) is 2. The van der Waals surface area contributed by atoms with E-state index in [2.05, 4.69) is 27.6 Å². The number of rotatable bonds is 0. The Hall–Kier alpha value is -1.85. The molecule has 0 aliphatic carbocycles. The number of hydrogen-bond acceptors (Lipinski definition) is 4. The highest BCUT2D eigenvalue weighted by Gasteiger charge is 1.96. The monoisotopic (exact) mass is 285 g/mol. The topological polar surface area (TPSA) is 41.6 Å². The molecule has 94 valence electrons. The summed E-state index contributed by atoms with van der Waals surface area (Å²) in [6, 6.07) is 16.0. The van der Waals surface area contributed by atoms with Crippen LogP contribution in [0.4, 0.5) is 0 Å². The molecule has 2 aromatic heterocycles. The van der Waals surface area contributed by atoms with E-state index in [1.807, 2.05) is 48.5 Å². The van der Waals surface area contributed by atoms with Crippen LogP contribution in [-0.2, 0) is 0 Å². The average Bonchev–Trinajstić information content (AvgIpc) is 3.03. The van der Waals surface area contributed by atoms with E-state index in [9.17, 15) is 0 Å². The Morgan fingerprint density at radius 3 is 2.47 bits per heavy atom. The van der Waals surface area contributed by atoms with Crippen LogP contribution >= 0.6 is 24.0 Å². The number of nitrogens with zero attached hydrogens (tertiary/aromatic N) is 2. The molecule has 19 heavy (non-hydrogen) atoms. The number of fused-ring (bicyclic) bond motifs is 2. The van der Waals surface area contributed by atoms with Crippen LogP contribution in [0.5, 0.6) is 0 Å². The van der Waals surface area contributed by atoms with Gasteiger partial charge in [0.25, 0.3) is 0 Å². The maximum absolute atomic E-state index is 4.20. The van der Waals surface area contributed by atoms with Gasteiger partial charge in [-0.3, -0.25) is 0 Å². The van der Waals surface area contributed by atoms with E-state index in [0.717, 1.165) is 20.9 Å². The van der Waals surface area contributed by atoms with Crippen molar-refractivity contribution >= 4 is 45.2 Å². The molecular formula is C14H11N3S2. The van der Waals surface area contributed by atoms with Crippen molar-refractivity contribution in [1.82, 2.24) is 15.0 Å². The normalized spacial score (nSPS) is 10.4. The minimum absolute atomic E-state index is 0.834. The van der Waals surface area contributed by atoms with Gasteiger partial charge in [0.1, 0.15) is 4.34 Å². The second-order valence-electron chi connectivity index (χ2n) is 3.88. The molecule has 0 aliphatic heterocycles. The summed E-state index contributed by atoms with van der Waals surface area (Å²) in [4.78, 5) is 11.3. The average molecular weight is 285 g/mol. The minimum atomic E-state index is 0.834. The molecule has 0 bridgehead atoms. The number of aromatic amines is 1. The fourth-order valence-corrected chi connectivity index (χ4v) is 2.85. The van der Waals surface area contributed by atoms with E-state index in [1.165, 1.54) is 4.70 Å². The quantitative estimate of drug-likeness (QED) is 0.477. The first-order chi connectivity index (χ1) is 9.33. The highest BCUT2D eigenvalue weighted by Crippen LogP contribution is 2.23. The van der Waals surface area contributed by atoms with E-state index in [4.69, 9.17) is 0 Å². The third-order valence-corrected chi connectivity index (χ3v) is 3.82. The van der Waals surface area contributed by atoms with Crippen LogP contribution < -0.4 is 0 Å². The summed E-state index contributed by atoms with van der Waals surface area (Å²) in [6.45, 7) is 0. The lowest BCUT2D eigenvalue weighted by Gasteiger charge is -1.81. The zero-order chi connectivity index (χ0) is 13.1. The molecule has 4 aromatic rings. The molecular weight excluding hydrogens is 274 g/mol. The number of imidazole rings is 1. The molecule has 0 saturated carbocycles. The molecule has 1 N–H and O–H groups in total. The second-order valence-corrected chi connectivity index (χ2v) is 5.64. The van der Waals surface area contributed by atoms with Crippen molar-refractivity contribution in [2.75, 3.05) is 0 Å². The molecule has 2 heterocycles. The molecule has 5 heteroatoms. The fraction of sp³-hybridized carbons (Fsp3) is 0. The zero-order valence-corrected chi connectivity index (χ0v) is 11.7. The molecule has 4 rings (SSSR count). The van der Waals surface area contributed by atoms with Gasteiger partial charge in [-0.2, -0.15) is 0 Å². The zero-order valence-electron chi connectivity index (χ0n) is 9.95. The summed E-state index contributed by atoms with van der Waals surface area (Å²) in [6.07, 6.45) is 1.70. The molecule has 3 nitrogen and oxygen atoms in total. The number of nitrogens with one attached hydrogen (secondary N) is 1. The summed E-state index contributed by atoms with van der Waals surface area (Å²) < 4.78 is 2.04. The van der Waals surface area contributed by atoms with Crippen molar-refractivity contribution in [3.8, 4) is 0 Å². The number of thiol groups is 1. The molecule has 0 spiro atoms. The smallest absolute Gasteiger partial charge is 0.148 e. The SMILES string of the molecule is Sc1nc2ccccc2s1.c1ccc2[nH]cnc2c1. The Bertz CT molecular complexity index is 741. The first-order valence-corrected chi connectivity index (χ1v) is 7.02. The molecule has 0 aliphatic rings. The lowest BCUT2D eigenvalue weighted by molar-refractivity contribution is 1.31. The maximum atomic E-state index is 4.20. The summed E-state index contributed by atoms with van der Waals surface area (Å²) in [7, 11) is 0. The van der Waals surface area contributed by atoms with Crippen molar-refractivity contribution in [2.45, 2.75) is 4.34 Å². The number of aromatic nitrogens is 3. The van der Waals surface area contributed by atoms with Crippen molar-refractivity contribution < 1.29 is 0 Å². The molecule has 0 unspecified atom stereocenters. The fourth-order valence-electron chi connectivity index (χ4n) is 1.74. The van der Waals surface area contributed by atoms with Crippen LogP contribution in [0.15, 0.2) is 59.2 Å². The van der Waals surface area contributed by atoms with Crippen molar-refractivity contribution in [1.29, 1.82) is 0 Å². The van der Waals surface area contributed by atoms with E-state index in [0.29, 0.717) is 0 Å². The Labute approximate surface area is 119 Å². The third-order valence-electron chi connectivity index (χ3n) is 2.61. The summed E-state index contributed by atoms with van der Waals surface area (Å²) >= 11 is 5.76. The van der Waals surface area contributed by atoms with Gasteiger partial charge in [-0.25, -0.2) is 9.97 Å². The van der Waals surface area contributed by atoms with Crippen LogP contribution in [0.1, 0.15) is 0 Å². The summed E-state index contributed by atoms with van der Waals surface area (Å²) in [5.41, 5.74) is 3.16. The first kappa shape index (κ1) is 12.2. The highest BCUT2D eigenvalue weighted by atomic mass is 32.2. The second kappa shape index (κ2) is 5.42.